The lowest BCUT2D eigenvalue weighted by atomic mass is 10.1. The molecule has 10 heteroatoms. The van der Waals surface area contributed by atoms with Gasteiger partial charge in [0.1, 0.15) is 25.0 Å². The first-order valence-corrected chi connectivity index (χ1v) is 13.8. The van der Waals surface area contributed by atoms with Crippen molar-refractivity contribution in [3.63, 3.8) is 0 Å². The molecule has 0 saturated carbocycles. The number of rotatable bonds is 10. The molecule has 0 N–H and O–H groups in total. The predicted octanol–water partition coefficient (Wildman–Crippen LogP) is 5.52. The van der Waals surface area contributed by atoms with Gasteiger partial charge in [-0.2, -0.15) is 18.3 Å². The Kier molecular flexibility index (Phi) is 8.75. The fraction of sp³-hybridized carbons (Fsp3) is 0.565. The first kappa shape index (κ1) is 26.9. The predicted molar refractivity (Wildman–Crippen MR) is 121 cm³/mol. The van der Waals surface area contributed by atoms with E-state index in [9.17, 15) is 18.0 Å². The largest absolute Gasteiger partial charge is 0.487 e. The number of nitrogens with zero attached hydrogens (tertiary/aromatic N) is 2. The molecule has 1 atom stereocenters. The number of ether oxygens (including phenoxy) is 2. The van der Waals surface area contributed by atoms with Crippen LogP contribution in [0.3, 0.4) is 0 Å². The van der Waals surface area contributed by atoms with E-state index < -0.39 is 33.1 Å². The average Bonchev–Trinajstić information content (AvgIpc) is 3.11. The van der Waals surface area contributed by atoms with Gasteiger partial charge in [0.2, 0.25) is 0 Å². The molecule has 0 aliphatic heterocycles. The molecule has 1 aromatic carbocycles. The number of esters is 1. The molecule has 184 valence electrons. The topological polar surface area (TPSA) is 62.6 Å². The Morgan fingerprint density at radius 1 is 1.15 bits per heavy atom. The molecule has 0 fully saturated rings. The second kappa shape index (κ2) is 10.7. The number of benzene rings is 1. The molecule has 0 spiro atoms. The third-order valence-electron chi connectivity index (χ3n) is 5.68. The second-order valence-corrected chi connectivity index (χ2v) is 14.1. The smallest absolute Gasteiger partial charge is 0.408 e. The van der Waals surface area contributed by atoms with Crippen LogP contribution < -0.4 is 4.74 Å². The molecular weight excluding hydrogens is 453 g/mol. The Bertz CT molecular complexity index is 923. The number of carbonyl (C=O) groups is 1. The maximum absolute atomic E-state index is 12.8. The van der Waals surface area contributed by atoms with Gasteiger partial charge >= 0.3 is 12.1 Å². The van der Waals surface area contributed by atoms with E-state index in [1.54, 1.807) is 19.1 Å². The highest BCUT2D eigenvalue weighted by Gasteiger charge is 2.41. The van der Waals surface area contributed by atoms with Crippen LogP contribution in [0.15, 0.2) is 36.5 Å². The lowest BCUT2D eigenvalue weighted by Crippen LogP contribution is -2.47. The summed E-state index contributed by atoms with van der Waals surface area (Å²) in [6.45, 7) is 11.1. The van der Waals surface area contributed by atoms with E-state index in [1.165, 1.54) is 12.3 Å². The summed E-state index contributed by atoms with van der Waals surface area (Å²) in [5.41, 5.74) is 0.998. The zero-order chi connectivity index (χ0) is 24.9. The van der Waals surface area contributed by atoms with Crippen LogP contribution in [0.4, 0.5) is 13.2 Å². The second-order valence-electron chi connectivity index (χ2n) is 9.31. The molecule has 0 amide bonds. The van der Waals surface area contributed by atoms with Crippen molar-refractivity contribution in [2.45, 2.75) is 77.7 Å². The summed E-state index contributed by atoms with van der Waals surface area (Å²) >= 11 is 0. The third-order valence-corrected chi connectivity index (χ3v) is 10.2. The van der Waals surface area contributed by atoms with Gasteiger partial charge in [-0.05, 0) is 42.8 Å². The number of halogens is 3. The van der Waals surface area contributed by atoms with Gasteiger partial charge in [-0.1, -0.05) is 39.0 Å². The Hall–Kier alpha value is -2.33. The number of carbonyl (C=O) groups excluding carboxylic acids is 1. The normalized spacial score (nSPS) is 13.6. The summed E-state index contributed by atoms with van der Waals surface area (Å²) in [7, 11) is -2.28. The fourth-order valence-corrected chi connectivity index (χ4v) is 4.14. The highest BCUT2D eigenvalue weighted by atomic mass is 28.4. The minimum atomic E-state index is -4.38. The summed E-state index contributed by atoms with van der Waals surface area (Å²) in [5, 5.41) is 3.63. The Morgan fingerprint density at radius 2 is 1.82 bits per heavy atom. The molecule has 33 heavy (non-hydrogen) atoms. The van der Waals surface area contributed by atoms with Gasteiger partial charge in [0.15, 0.2) is 8.32 Å². The van der Waals surface area contributed by atoms with Gasteiger partial charge in [0.05, 0.1) is 12.3 Å². The number of hydrogen-bond acceptors (Lipinski definition) is 5. The number of hydrogen-bond donors (Lipinski definition) is 0. The van der Waals surface area contributed by atoms with Gasteiger partial charge in [0.25, 0.3) is 0 Å². The molecule has 6 nitrogen and oxygen atoms in total. The molecule has 1 aromatic heterocycles. The lowest BCUT2D eigenvalue weighted by Gasteiger charge is -2.38. The summed E-state index contributed by atoms with van der Waals surface area (Å²) in [5.74, 6) is 0.0192. The highest BCUT2D eigenvalue weighted by molar-refractivity contribution is 6.74. The van der Waals surface area contributed by atoms with Gasteiger partial charge in [-0.15, -0.1) is 0 Å². The molecular formula is C23H33F3N2O4Si. The molecule has 1 unspecified atom stereocenters. The molecule has 0 radical (unpaired) electrons. The molecule has 0 aliphatic rings. The molecule has 2 rings (SSSR count). The van der Waals surface area contributed by atoms with E-state index in [0.29, 0.717) is 17.0 Å². The summed E-state index contributed by atoms with van der Waals surface area (Å²) in [6, 6.07) is 8.58. The van der Waals surface area contributed by atoms with E-state index in [4.69, 9.17) is 13.9 Å². The van der Waals surface area contributed by atoms with Crippen molar-refractivity contribution in [2.75, 3.05) is 6.61 Å². The standard InChI is InChI=1S/C23H33F3N2O4Si/c1-7-30-21(29)20(32-33(5,6)22(2,3)4)14-17-10-8-9-11-19(17)31-15-18-12-13-27-28(18)16-23(24,25)26/h8-13,20H,7,14-16H2,1-6H3. The highest BCUT2D eigenvalue weighted by Crippen LogP contribution is 2.38. The third kappa shape index (κ3) is 7.88. The first-order valence-electron chi connectivity index (χ1n) is 10.9. The van der Waals surface area contributed by atoms with Gasteiger partial charge in [-0.25, -0.2) is 4.79 Å². The van der Waals surface area contributed by atoms with Crippen LogP contribution >= 0.6 is 0 Å². The monoisotopic (exact) mass is 486 g/mol. The Labute approximate surface area is 194 Å². The van der Waals surface area contributed by atoms with Crippen LogP contribution in [0.2, 0.25) is 18.1 Å². The zero-order valence-electron chi connectivity index (χ0n) is 20.0. The van der Waals surface area contributed by atoms with Crippen LogP contribution in [0, 0.1) is 0 Å². The van der Waals surface area contributed by atoms with Crippen molar-refractivity contribution >= 4 is 14.3 Å². The van der Waals surface area contributed by atoms with Crippen LogP contribution in [-0.4, -0.2) is 43.0 Å². The summed E-state index contributed by atoms with van der Waals surface area (Å²) in [4.78, 5) is 12.7. The van der Waals surface area contributed by atoms with Crippen LogP contribution in [0.1, 0.15) is 39.0 Å². The van der Waals surface area contributed by atoms with Crippen molar-refractivity contribution in [1.29, 1.82) is 0 Å². The van der Waals surface area contributed by atoms with E-state index in [1.807, 2.05) is 12.1 Å². The van der Waals surface area contributed by atoms with E-state index in [0.717, 1.165) is 4.68 Å². The Balaban J connectivity index is 2.22. The van der Waals surface area contributed by atoms with E-state index in [-0.39, 0.29) is 24.7 Å². The number of aromatic nitrogens is 2. The van der Waals surface area contributed by atoms with Gasteiger partial charge in [0, 0.05) is 12.6 Å². The fourth-order valence-electron chi connectivity index (χ4n) is 2.90. The molecule has 2 aromatic rings. The van der Waals surface area contributed by atoms with E-state index >= 15 is 0 Å². The van der Waals surface area contributed by atoms with Crippen molar-refractivity contribution in [2.24, 2.45) is 0 Å². The zero-order valence-corrected chi connectivity index (χ0v) is 21.0. The summed E-state index contributed by atoms with van der Waals surface area (Å²) < 4.78 is 56.7. The Morgan fingerprint density at radius 3 is 2.42 bits per heavy atom. The average molecular weight is 487 g/mol. The minimum Gasteiger partial charge on any atom is -0.487 e. The van der Waals surface area contributed by atoms with Crippen LogP contribution in [-0.2, 0) is 33.5 Å². The van der Waals surface area contributed by atoms with E-state index in [2.05, 4.69) is 39.0 Å². The number of alkyl halides is 3. The first-order chi connectivity index (χ1) is 15.2. The minimum absolute atomic E-state index is 0.0970. The molecule has 0 saturated heterocycles. The maximum atomic E-state index is 12.8. The molecule has 1 heterocycles. The maximum Gasteiger partial charge on any atom is 0.408 e. The van der Waals surface area contributed by atoms with Gasteiger partial charge in [-0.3, -0.25) is 4.68 Å². The quantitative estimate of drug-likeness (QED) is 0.327. The van der Waals surface area contributed by atoms with Gasteiger partial charge < -0.3 is 13.9 Å². The van der Waals surface area contributed by atoms with Crippen molar-refractivity contribution < 1.29 is 31.9 Å². The van der Waals surface area contributed by atoms with Crippen molar-refractivity contribution in [1.82, 2.24) is 9.78 Å². The molecule has 0 aliphatic carbocycles. The SMILES string of the molecule is CCOC(=O)C(Cc1ccccc1OCc1ccnn1CC(F)(F)F)O[Si](C)(C)C(C)(C)C. The molecule has 0 bridgehead atoms. The number of para-hydroxylation sites is 1. The van der Waals surface area contributed by atoms with Crippen molar-refractivity contribution in [3.05, 3.63) is 47.8 Å². The summed E-state index contributed by atoms with van der Waals surface area (Å²) in [6.07, 6.45) is -3.66. The lowest BCUT2D eigenvalue weighted by molar-refractivity contribution is -0.152. The van der Waals surface area contributed by atoms with Crippen LogP contribution in [0.5, 0.6) is 5.75 Å². The van der Waals surface area contributed by atoms with Crippen molar-refractivity contribution in [3.8, 4) is 5.75 Å². The van der Waals surface area contributed by atoms with Crippen LogP contribution in [0.25, 0.3) is 0 Å².